The van der Waals surface area contributed by atoms with Gasteiger partial charge in [-0.15, -0.1) is 0 Å². The second kappa shape index (κ2) is 5.11. The number of hydrogen-bond donors (Lipinski definition) is 2. The van der Waals surface area contributed by atoms with E-state index in [1.807, 2.05) is 0 Å². The number of nitrogen functional groups attached to an aromatic ring is 1. The number of nitrogens with one attached hydrogen (secondary N) is 1. The Bertz CT molecular complexity index is 634. The van der Waals surface area contributed by atoms with Crippen LogP contribution in [-0.4, -0.2) is 21.5 Å². The SMILES string of the molecule is Nc1cc(=O)[nH]c(SCC(=O)C23CC4CC(CC(C4)C2)C3)n1. The lowest BCUT2D eigenvalue weighted by atomic mass is 9.48. The minimum Gasteiger partial charge on any atom is -0.383 e. The van der Waals surface area contributed by atoms with E-state index in [2.05, 4.69) is 9.97 Å². The first-order chi connectivity index (χ1) is 10.5. The number of anilines is 1. The number of aromatic amines is 1. The Morgan fingerprint density at radius 1 is 1.27 bits per heavy atom. The van der Waals surface area contributed by atoms with Gasteiger partial charge in [-0.2, -0.15) is 0 Å². The number of hydrogen-bond acceptors (Lipinski definition) is 5. The lowest BCUT2D eigenvalue weighted by Crippen LogP contribution is -2.50. The van der Waals surface area contributed by atoms with Crippen molar-refractivity contribution >= 4 is 23.4 Å². The molecule has 0 aromatic carbocycles. The molecule has 3 N–H and O–H groups in total. The molecule has 4 fully saturated rings. The second-order valence-corrected chi connectivity index (χ2v) is 8.35. The summed E-state index contributed by atoms with van der Waals surface area (Å²) >= 11 is 1.31. The molecule has 1 heterocycles. The van der Waals surface area contributed by atoms with Gasteiger partial charge in [0, 0.05) is 11.5 Å². The zero-order chi connectivity index (χ0) is 15.3. The van der Waals surface area contributed by atoms with Crippen LogP contribution >= 0.6 is 11.8 Å². The molecule has 1 aromatic heterocycles. The van der Waals surface area contributed by atoms with Crippen molar-refractivity contribution in [3.8, 4) is 0 Å². The lowest BCUT2D eigenvalue weighted by Gasteiger charge is -2.56. The van der Waals surface area contributed by atoms with Crippen molar-refractivity contribution in [2.45, 2.75) is 43.7 Å². The molecule has 0 amide bonds. The van der Waals surface area contributed by atoms with Crippen molar-refractivity contribution in [1.29, 1.82) is 0 Å². The average Bonchev–Trinajstić information content (AvgIpc) is 2.42. The van der Waals surface area contributed by atoms with Gasteiger partial charge in [-0.05, 0) is 56.3 Å². The third-order valence-electron chi connectivity index (χ3n) is 5.71. The van der Waals surface area contributed by atoms with Crippen LogP contribution < -0.4 is 11.3 Å². The quantitative estimate of drug-likeness (QED) is 0.656. The van der Waals surface area contributed by atoms with Crippen LogP contribution in [-0.2, 0) is 4.79 Å². The molecule has 0 saturated heterocycles. The highest BCUT2D eigenvalue weighted by atomic mass is 32.2. The largest absolute Gasteiger partial charge is 0.383 e. The van der Waals surface area contributed by atoms with E-state index in [-0.39, 0.29) is 16.8 Å². The van der Waals surface area contributed by atoms with Gasteiger partial charge >= 0.3 is 0 Å². The molecule has 6 heteroatoms. The Kier molecular flexibility index (Phi) is 3.33. The smallest absolute Gasteiger partial charge is 0.253 e. The number of thioether (sulfide) groups is 1. The molecule has 5 rings (SSSR count). The first kappa shape index (κ1) is 14.3. The van der Waals surface area contributed by atoms with Gasteiger partial charge in [-0.25, -0.2) is 4.98 Å². The molecule has 4 aliphatic carbocycles. The molecular weight excluding hydrogens is 298 g/mol. The number of nitrogens with two attached hydrogens (primary N) is 1. The van der Waals surface area contributed by atoms with Crippen LogP contribution in [0.4, 0.5) is 5.82 Å². The molecule has 4 bridgehead atoms. The highest BCUT2D eigenvalue weighted by Crippen LogP contribution is 2.60. The van der Waals surface area contributed by atoms with Crippen molar-refractivity contribution in [3.05, 3.63) is 16.4 Å². The van der Waals surface area contributed by atoms with E-state index < -0.39 is 0 Å². The summed E-state index contributed by atoms with van der Waals surface area (Å²) in [4.78, 5) is 31.0. The molecule has 0 aliphatic heterocycles. The summed E-state index contributed by atoms with van der Waals surface area (Å²) in [5.41, 5.74) is 5.24. The van der Waals surface area contributed by atoms with Crippen molar-refractivity contribution in [2.75, 3.05) is 11.5 Å². The fraction of sp³-hybridized carbons (Fsp3) is 0.688. The fourth-order valence-electron chi connectivity index (χ4n) is 5.26. The monoisotopic (exact) mass is 319 g/mol. The zero-order valence-corrected chi connectivity index (χ0v) is 13.3. The molecule has 0 atom stereocenters. The predicted octanol–water partition coefficient (Wildman–Crippen LogP) is 2.23. The molecule has 22 heavy (non-hydrogen) atoms. The number of carbonyl (C=O) groups is 1. The van der Waals surface area contributed by atoms with E-state index in [0.717, 1.165) is 37.0 Å². The standard InChI is InChI=1S/C16H21N3O2S/c17-13-4-14(21)19-15(18-13)22-8-12(20)16-5-9-1-10(6-16)3-11(2-9)7-16/h4,9-11H,1-3,5-8H2,(H3,17,18,19,21). The number of H-pyrrole nitrogens is 1. The maximum absolute atomic E-state index is 12.9. The Morgan fingerprint density at radius 3 is 2.41 bits per heavy atom. The van der Waals surface area contributed by atoms with Crippen LogP contribution in [0.3, 0.4) is 0 Å². The normalized spacial score (nSPS) is 35.7. The maximum Gasteiger partial charge on any atom is 0.253 e. The first-order valence-corrected chi connectivity index (χ1v) is 9.04. The fourth-order valence-corrected chi connectivity index (χ4v) is 6.18. The number of ketones is 1. The van der Waals surface area contributed by atoms with Crippen molar-refractivity contribution in [2.24, 2.45) is 23.2 Å². The van der Waals surface area contributed by atoms with Gasteiger partial charge in [-0.3, -0.25) is 9.59 Å². The number of Topliss-reactive ketones (excluding diaryl/α,β-unsaturated/α-hetero) is 1. The lowest BCUT2D eigenvalue weighted by molar-refractivity contribution is -0.141. The summed E-state index contributed by atoms with van der Waals surface area (Å²) in [5.74, 6) is 3.25. The van der Waals surface area contributed by atoms with Crippen LogP contribution in [0.15, 0.2) is 16.0 Å². The summed E-state index contributed by atoms with van der Waals surface area (Å²) in [6, 6.07) is 1.25. The third kappa shape index (κ3) is 2.47. The Morgan fingerprint density at radius 2 is 1.86 bits per heavy atom. The maximum atomic E-state index is 12.9. The number of carbonyl (C=O) groups excluding carboxylic acids is 1. The summed E-state index contributed by atoms with van der Waals surface area (Å²) in [6.07, 6.45) is 7.26. The number of nitrogens with zero attached hydrogens (tertiary/aromatic N) is 1. The van der Waals surface area contributed by atoms with E-state index in [0.29, 0.717) is 16.7 Å². The second-order valence-electron chi connectivity index (χ2n) is 7.39. The van der Waals surface area contributed by atoms with E-state index in [1.54, 1.807) is 0 Å². The summed E-state index contributed by atoms with van der Waals surface area (Å²) < 4.78 is 0. The highest BCUT2D eigenvalue weighted by Gasteiger charge is 2.54. The van der Waals surface area contributed by atoms with Gasteiger partial charge in [0.05, 0.1) is 5.75 Å². The summed E-state index contributed by atoms with van der Waals surface area (Å²) in [6.45, 7) is 0. The van der Waals surface area contributed by atoms with Gasteiger partial charge in [-0.1, -0.05) is 11.8 Å². The molecule has 4 aliphatic rings. The Hall–Kier alpha value is -1.30. The topological polar surface area (TPSA) is 88.8 Å². The Balaban J connectivity index is 1.47. The van der Waals surface area contributed by atoms with Crippen LogP contribution in [0.25, 0.3) is 0 Å². The molecule has 1 aromatic rings. The van der Waals surface area contributed by atoms with Gasteiger partial charge in [0.2, 0.25) is 0 Å². The van der Waals surface area contributed by atoms with Gasteiger partial charge in [0.15, 0.2) is 5.16 Å². The molecular formula is C16H21N3O2S. The summed E-state index contributed by atoms with van der Waals surface area (Å²) in [5, 5.41) is 0.447. The number of rotatable bonds is 4. The zero-order valence-electron chi connectivity index (χ0n) is 12.5. The predicted molar refractivity (Wildman–Crippen MR) is 85.6 cm³/mol. The number of aromatic nitrogens is 2. The third-order valence-corrected chi connectivity index (χ3v) is 6.58. The van der Waals surface area contributed by atoms with E-state index in [9.17, 15) is 9.59 Å². The van der Waals surface area contributed by atoms with E-state index in [1.165, 1.54) is 37.1 Å². The van der Waals surface area contributed by atoms with Crippen molar-refractivity contribution < 1.29 is 4.79 Å². The van der Waals surface area contributed by atoms with Crippen LogP contribution in [0, 0.1) is 23.2 Å². The summed E-state index contributed by atoms with van der Waals surface area (Å²) in [7, 11) is 0. The van der Waals surface area contributed by atoms with Gasteiger partial charge in [0.25, 0.3) is 5.56 Å². The highest BCUT2D eigenvalue weighted by molar-refractivity contribution is 7.99. The van der Waals surface area contributed by atoms with E-state index >= 15 is 0 Å². The molecule has 5 nitrogen and oxygen atoms in total. The minimum atomic E-state index is -0.266. The van der Waals surface area contributed by atoms with Crippen molar-refractivity contribution in [3.63, 3.8) is 0 Å². The van der Waals surface area contributed by atoms with Crippen molar-refractivity contribution in [1.82, 2.24) is 9.97 Å². The molecule has 0 radical (unpaired) electrons. The van der Waals surface area contributed by atoms with E-state index in [4.69, 9.17) is 5.73 Å². The average molecular weight is 319 g/mol. The first-order valence-electron chi connectivity index (χ1n) is 8.05. The van der Waals surface area contributed by atoms with Gasteiger partial charge in [0.1, 0.15) is 11.6 Å². The van der Waals surface area contributed by atoms with Gasteiger partial charge < -0.3 is 10.7 Å². The molecule has 0 spiro atoms. The molecule has 0 unspecified atom stereocenters. The Labute approximate surface area is 133 Å². The molecule has 4 saturated carbocycles. The van der Waals surface area contributed by atoms with Crippen LogP contribution in [0.2, 0.25) is 0 Å². The van der Waals surface area contributed by atoms with Crippen LogP contribution in [0.1, 0.15) is 38.5 Å². The van der Waals surface area contributed by atoms with Crippen LogP contribution in [0.5, 0.6) is 0 Å². The molecule has 118 valence electrons. The minimum absolute atomic E-state index is 0.0810.